The molecule has 0 aliphatic carbocycles. The van der Waals surface area contributed by atoms with Crippen LogP contribution in [0, 0.1) is 0 Å². The van der Waals surface area contributed by atoms with E-state index in [-0.39, 0.29) is 5.56 Å². The molecule has 0 saturated heterocycles. The fourth-order valence-electron chi connectivity index (χ4n) is 1.62. The molecule has 2 rings (SSSR count). The molecule has 0 fully saturated rings. The summed E-state index contributed by atoms with van der Waals surface area (Å²) >= 11 is 1.57. The van der Waals surface area contributed by atoms with E-state index in [9.17, 15) is 4.79 Å². The van der Waals surface area contributed by atoms with Crippen LogP contribution < -0.4 is 0 Å². The smallest absolute Gasteiger partial charge is 0.337 e. The van der Waals surface area contributed by atoms with Crippen molar-refractivity contribution in [1.29, 1.82) is 0 Å². The van der Waals surface area contributed by atoms with Crippen molar-refractivity contribution in [3.05, 3.63) is 41.3 Å². The van der Waals surface area contributed by atoms with Gasteiger partial charge in [0.25, 0.3) is 0 Å². The van der Waals surface area contributed by atoms with Crippen LogP contribution in [0.4, 0.5) is 0 Å². The third-order valence-corrected chi connectivity index (χ3v) is 3.72. The maximum Gasteiger partial charge on any atom is 0.337 e. The van der Waals surface area contributed by atoms with Crippen LogP contribution >= 0.6 is 11.8 Å². The monoisotopic (exact) mass is 277 g/mol. The number of carbonyl (C=O) groups is 1. The molecule has 0 radical (unpaired) electrons. The highest BCUT2D eigenvalue weighted by atomic mass is 32.2. The summed E-state index contributed by atoms with van der Waals surface area (Å²) in [6, 6.07) is 5.38. The topological polar surface area (TPSA) is 68.0 Å². The largest absolute Gasteiger partial charge is 0.478 e. The third kappa shape index (κ3) is 3.35. The normalized spacial score (nSPS) is 10.6. The minimum absolute atomic E-state index is 0.207. The van der Waals surface area contributed by atoms with Crippen LogP contribution in [0.2, 0.25) is 0 Å². The number of aromatic carboxylic acids is 1. The Hall–Kier alpha value is -1.82. The fourth-order valence-corrected chi connectivity index (χ4v) is 2.48. The molecule has 0 atom stereocenters. The van der Waals surface area contributed by atoms with Gasteiger partial charge in [-0.1, -0.05) is 6.92 Å². The van der Waals surface area contributed by atoms with E-state index in [4.69, 9.17) is 5.11 Å². The Morgan fingerprint density at radius 2 is 2.26 bits per heavy atom. The fraction of sp³-hybridized carbons (Fsp3) is 0.308. The van der Waals surface area contributed by atoms with Gasteiger partial charge >= 0.3 is 5.97 Å². The highest BCUT2D eigenvalue weighted by molar-refractivity contribution is 7.98. The number of aromatic nitrogens is 3. The SMILES string of the molecule is CCc1cc(CSc2ccc(C(=O)O)cn2)n(C)n1. The lowest BCUT2D eigenvalue weighted by Gasteiger charge is -2.02. The Morgan fingerprint density at radius 1 is 1.47 bits per heavy atom. The molecule has 0 unspecified atom stereocenters. The highest BCUT2D eigenvalue weighted by Crippen LogP contribution is 2.21. The van der Waals surface area contributed by atoms with E-state index in [1.165, 1.54) is 6.20 Å². The number of nitrogens with zero attached hydrogens (tertiary/aromatic N) is 3. The van der Waals surface area contributed by atoms with Crippen LogP contribution in [0.25, 0.3) is 0 Å². The lowest BCUT2D eigenvalue weighted by atomic mass is 10.3. The van der Waals surface area contributed by atoms with Gasteiger partial charge in [-0.2, -0.15) is 5.10 Å². The molecule has 2 aromatic rings. The molecule has 1 N–H and O–H groups in total. The van der Waals surface area contributed by atoms with E-state index in [0.29, 0.717) is 0 Å². The summed E-state index contributed by atoms with van der Waals surface area (Å²) in [6.45, 7) is 2.07. The Bertz CT molecular complexity index is 578. The van der Waals surface area contributed by atoms with Crippen LogP contribution in [0.5, 0.6) is 0 Å². The van der Waals surface area contributed by atoms with E-state index >= 15 is 0 Å². The summed E-state index contributed by atoms with van der Waals surface area (Å²) in [6.07, 6.45) is 2.30. The van der Waals surface area contributed by atoms with Gasteiger partial charge in [-0.3, -0.25) is 4.68 Å². The standard InChI is InChI=1S/C13H15N3O2S/c1-3-10-6-11(16(2)15-10)8-19-12-5-4-9(7-14-12)13(17)18/h4-7H,3,8H2,1-2H3,(H,17,18). The molecule has 2 heterocycles. The van der Waals surface area contributed by atoms with Crippen molar-refractivity contribution >= 4 is 17.7 Å². The van der Waals surface area contributed by atoms with Gasteiger partial charge in [0, 0.05) is 24.7 Å². The van der Waals surface area contributed by atoms with Crippen molar-refractivity contribution < 1.29 is 9.90 Å². The number of hydrogen-bond acceptors (Lipinski definition) is 4. The van der Waals surface area contributed by atoms with Gasteiger partial charge in [0.1, 0.15) is 0 Å². The average molecular weight is 277 g/mol. The van der Waals surface area contributed by atoms with Crippen LogP contribution in [0.1, 0.15) is 28.7 Å². The zero-order valence-electron chi connectivity index (χ0n) is 10.8. The molecular formula is C13H15N3O2S. The second-order valence-electron chi connectivity index (χ2n) is 4.08. The van der Waals surface area contributed by atoms with Crippen LogP contribution in [-0.4, -0.2) is 25.8 Å². The quantitative estimate of drug-likeness (QED) is 0.850. The zero-order chi connectivity index (χ0) is 13.8. The molecule has 5 nitrogen and oxygen atoms in total. The van der Waals surface area contributed by atoms with Gasteiger partial charge in [0.05, 0.1) is 16.3 Å². The van der Waals surface area contributed by atoms with Crippen molar-refractivity contribution in [1.82, 2.24) is 14.8 Å². The molecule has 0 aromatic carbocycles. The highest BCUT2D eigenvalue weighted by Gasteiger charge is 2.06. The summed E-state index contributed by atoms with van der Waals surface area (Å²) in [5.41, 5.74) is 2.41. The van der Waals surface area contributed by atoms with E-state index in [2.05, 4.69) is 23.1 Å². The van der Waals surface area contributed by atoms with Crippen molar-refractivity contribution in [3.8, 4) is 0 Å². The predicted molar refractivity (Wildman–Crippen MR) is 73.3 cm³/mol. The molecule has 6 heteroatoms. The maximum atomic E-state index is 10.7. The molecule has 0 spiro atoms. The Morgan fingerprint density at radius 3 is 2.79 bits per heavy atom. The lowest BCUT2D eigenvalue weighted by Crippen LogP contribution is -1.98. The van der Waals surface area contributed by atoms with Crippen LogP contribution in [0.3, 0.4) is 0 Å². The molecule has 0 bridgehead atoms. The summed E-state index contributed by atoms with van der Waals surface area (Å²) in [5.74, 6) is -0.189. The summed E-state index contributed by atoms with van der Waals surface area (Å²) in [5, 5.41) is 14.0. The number of thioether (sulfide) groups is 1. The third-order valence-electron chi connectivity index (χ3n) is 2.74. The molecule has 19 heavy (non-hydrogen) atoms. The number of carboxylic acid groups (broad SMARTS) is 1. The molecular weight excluding hydrogens is 262 g/mol. The van der Waals surface area contributed by atoms with Crippen LogP contribution in [-0.2, 0) is 19.2 Å². The molecule has 100 valence electrons. The first-order chi connectivity index (χ1) is 9.10. The van der Waals surface area contributed by atoms with Gasteiger partial charge in [0.15, 0.2) is 0 Å². The molecule has 0 saturated carbocycles. The summed E-state index contributed by atoms with van der Waals surface area (Å²) in [4.78, 5) is 14.8. The van der Waals surface area contributed by atoms with E-state index in [1.807, 2.05) is 11.7 Å². The molecule has 0 aliphatic heterocycles. The van der Waals surface area contributed by atoms with Gasteiger partial charge in [-0.25, -0.2) is 9.78 Å². The summed E-state index contributed by atoms with van der Waals surface area (Å²) < 4.78 is 1.87. The number of carboxylic acids is 1. The molecule has 2 aromatic heterocycles. The van der Waals surface area contributed by atoms with E-state index < -0.39 is 5.97 Å². The van der Waals surface area contributed by atoms with Crippen molar-refractivity contribution in [2.24, 2.45) is 7.05 Å². The zero-order valence-corrected chi connectivity index (χ0v) is 11.6. The first-order valence-electron chi connectivity index (χ1n) is 5.94. The van der Waals surface area contributed by atoms with Gasteiger partial charge in [0.2, 0.25) is 0 Å². The second kappa shape index (κ2) is 5.88. The average Bonchev–Trinajstić information content (AvgIpc) is 2.77. The van der Waals surface area contributed by atoms with Crippen molar-refractivity contribution in [3.63, 3.8) is 0 Å². The summed E-state index contributed by atoms with van der Waals surface area (Å²) in [7, 11) is 1.93. The van der Waals surface area contributed by atoms with E-state index in [1.54, 1.807) is 23.9 Å². The minimum Gasteiger partial charge on any atom is -0.478 e. The number of rotatable bonds is 5. The Kier molecular flexibility index (Phi) is 4.21. The van der Waals surface area contributed by atoms with Gasteiger partial charge in [-0.15, -0.1) is 11.8 Å². The number of pyridine rings is 1. The minimum atomic E-state index is -0.955. The first-order valence-corrected chi connectivity index (χ1v) is 6.92. The van der Waals surface area contributed by atoms with Crippen molar-refractivity contribution in [2.75, 3.05) is 0 Å². The van der Waals surface area contributed by atoms with Crippen molar-refractivity contribution in [2.45, 2.75) is 24.1 Å². The van der Waals surface area contributed by atoms with Gasteiger partial charge < -0.3 is 5.11 Å². The molecule has 0 amide bonds. The van der Waals surface area contributed by atoms with Crippen LogP contribution in [0.15, 0.2) is 29.4 Å². The van der Waals surface area contributed by atoms with E-state index in [0.717, 1.165) is 28.6 Å². The first kappa shape index (κ1) is 13.6. The molecule has 0 aliphatic rings. The second-order valence-corrected chi connectivity index (χ2v) is 5.08. The predicted octanol–water partition coefficient (Wildman–Crippen LogP) is 2.37. The number of hydrogen-bond donors (Lipinski definition) is 1. The van der Waals surface area contributed by atoms with Gasteiger partial charge in [-0.05, 0) is 24.6 Å². The Labute approximate surface area is 115 Å². The maximum absolute atomic E-state index is 10.7. The Balaban J connectivity index is 2.01. The lowest BCUT2D eigenvalue weighted by molar-refractivity contribution is 0.0696. The number of aryl methyl sites for hydroxylation is 2.